The molecule has 120 valence electrons. The van der Waals surface area contributed by atoms with Gasteiger partial charge in [-0.3, -0.25) is 4.68 Å². The first-order chi connectivity index (χ1) is 10.6. The Morgan fingerprint density at radius 3 is 2.64 bits per heavy atom. The molecule has 0 saturated carbocycles. The van der Waals surface area contributed by atoms with Crippen molar-refractivity contribution >= 4 is 11.6 Å². The highest BCUT2D eigenvalue weighted by Crippen LogP contribution is 2.26. The van der Waals surface area contributed by atoms with Crippen LogP contribution in [0.25, 0.3) is 0 Å². The molecule has 3 nitrogen and oxygen atoms in total. The zero-order chi connectivity index (χ0) is 15.8. The smallest absolute Gasteiger partial charge is 0.307 e. The number of benzene rings is 1. The van der Waals surface area contributed by atoms with Gasteiger partial charge in [0.2, 0.25) is 0 Å². The molecule has 1 aromatic carbocycles. The van der Waals surface area contributed by atoms with E-state index in [-0.39, 0.29) is 0 Å². The van der Waals surface area contributed by atoms with E-state index in [0.29, 0.717) is 25.9 Å². The van der Waals surface area contributed by atoms with Crippen molar-refractivity contribution in [1.29, 1.82) is 0 Å². The largest absolute Gasteiger partial charge is 0.336 e. The standard InChI is InChI=1S/C16H20ClF2N3/c17-16(18,19)15(9-8-14-6-2-1-3-7-14)20-10-4-12-22-13-5-11-21-22/h1-3,5-7,11,13,15,20H,4,8-10,12H2/t15-/m0/s1. The van der Waals surface area contributed by atoms with Crippen LogP contribution >= 0.6 is 11.6 Å². The van der Waals surface area contributed by atoms with Crippen molar-refractivity contribution in [2.24, 2.45) is 0 Å². The van der Waals surface area contributed by atoms with Gasteiger partial charge in [0.1, 0.15) is 0 Å². The van der Waals surface area contributed by atoms with Crippen molar-refractivity contribution in [2.75, 3.05) is 6.54 Å². The summed E-state index contributed by atoms with van der Waals surface area (Å²) in [5.41, 5.74) is 1.03. The number of nitrogens with one attached hydrogen (secondary N) is 1. The summed E-state index contributed by atoms with van der Waals surface area (Å²) in [7, 11) is 0. The molecule has 2 aromatic rings. The normalized spacial score (nSPS) is 13.2. The number of halogens is 3. The average molecular weight is 328 g/mol. The van der Waals surface area contributed by atoms with Crippen LogP contribution in [0.4, 0.5) is 8.78 Å². The van der Waals surface area contributed by atoms with E-state index in [0.717, 1.165) is 12.0 Å². The molecule has 0 aliphatic carbocycles. The van der Waals surface area contributed by atoms with E-state index in [4.69, 9.17) is 11.6 Å². The molecule has 0 aliphatic heterocycles. The maximum Gasteiger partial charge on any atom is 0.336 e. The molecule has 2 rings (SSSR count). The summed E-state index contributed by atoms with van der Waals surface area (Å²) < 4.78 is 28.7. The molecule has 22 heavy (non-hydrogen) atoms. The second-order valence-electron chi connectivity index (χ2n) is 5.20. The van der Waals surface area contributed by atoms with Crippen LogP contribution in [0.1, 0.15) is 18.4 Å². The quantitative estimate of drug-likeness (QED) is 0.562. The second kappa shape index (κ2) is 8.25. The highest BCUT2D eigenvalue weighted by atomic mass is 35.5. The van der Waals surface area contributed by atoms with Crippen molar-refractivity contribution in [3.05, 3.63) is 54.4 Å². The van der Waals surface area contributed by atoms with Gasteiger partial charge in [0.25, 0.3) is 0 Å². The zero-order valence-electron chi connectivity index (χ0n) is 12.3. The third kappa shape index (κ3) is 5.73. The fourth-order valence-electron chi connectivity index (χ4n) is 2.29. The maximum absolute atomic E-state index is 13.5. The highest BCUT2D eigenvalue weighted by Gasteiger charge is 2.36. The van der Waals surface area contributed by atoms with Gasteiger partial charge in [0.05, 0.1) is 6.04 Å². The summed E-state index contributed by atoms with van der Waals surface area (Å²) >= 11 is 5.23. The van der Waals surface area contributed by atoms with Gasteiger partial charge in [-0.2, -0.15) is 13.9 Å². The van der Waals surface area contributed by atoms with E-state index in [1.165, 1.54) is 0 Å². The van der Waals surface area contributed by atoms with Gasteiger partial charge in [-0.25, -0.2) is 0 Å². The molecule has 0 spiro atoms. The van der Waals surface area contributed by atoms with Crippen LogP contribution in [0.15, 0.2) is 48.8 Å². The Bertz CT molecular complexity index is 526. The van der Waals surface area contributed by atoms with Crippen molar-refractivity contribution in [3.8, 4) is 0 Å². The Morgan fingerprint density at radius 2 is 2.00 bits per heavy atom. The molecule has 6 heteroatoms. The third-order valence-corrected chi connectivity index (χ3v) is 3.74. The lowest BCUT2D eigenvalue weighted by atomic mass is 10.1. The van der Waals surface area contributed by atoms with Crippen LogP contribution in [0.3, 0.4) is 0 Å². The van der Waals surface area contributed by atoms with Gasteiger partial charge in [-0.1, -0.05) is 30.3 Å². The molecule has 0 amide bonds. The average Bonchev–Trinajstić information content (AvgIpc) is 2.99. The maximum atomic E-state index is 13.5. The molecule has 1 heterocycles. The summed E-state index contributed by atoms with van der Waals surface area (Å²) in [5, 5.41) is 3.69. The van der Waals surface area contributed by atoms with Gasteiger partial charge in [0, 0.05) is 18.9 Å². The molecular formula is C16H20ClF2N3. The molecule has 0 aliphatic rings. The van der Waals surface area contributed by atoms with Crippen LogP contribution in [0, 0.1) is 0 Å². The number of hydrogen-bond acceptors (Lipinski definition) is 2. The number of aryl methyl sites for hydroxylation is 2. The topological polar surface area (TPSA) is 29.9 Å². The predicted octanol–water partition coefficient (Wildman–Crippen LogP) is 3.70. The third-order valence-electron chi connectivity index (χ3n) is 3.47. The first kappa shape index (κ1) is 16.9. The van der Waals surface area contributed by atoms with Crippen molar-refractivity contribution in [2.45, 2.75) is 37.2 Å². The summed E-state index contributed by atoms with van der Waals surface area (Å²) in [5.74, 6) is 0. The van der Waals surface area contributed by atoms with Crippen LogP contribution in [0.2, 0.25) is 0 Å². The van der Waals surface area contributed by atoms with Crippen LogP contribution in [-0.2, 0) is 13.0 Å². The minimum Gasteiger partial charge on any atom is -0.307 e. The van der Waals surface area contributed by atoms with Crippen LogP contribution < -0.4 is 5.32 Å². The highest BCUT2D eigenvalue weighted by molar-refractivity contribution is 6.22. The molecule has 0 fully saturated rings. The zero-order valence-corrected chi connectivity index (χ0v) is 13.0. The van der Waals surface area contributed by atoms with Crippen molar-refractivity contribution < 1.29 is 8.78 Å². The van der Waals surface area contributed by atoms with E-state index >= 15 is 0 Å². The first-order valence-electron chi connectivity index (χ1n) is 7.37. The molecule has 1 N–H and O–H groups in total. The Kier molecular flexibility index (Phi) is 6.34. The van der Waals surface area contributed by atoms with Crippen molar-refractivity contribution in [3.63, 3.8) is 0 Å². The molecule has 1 atom stereocenters. The Balaban J connectivity index is 1.76. The summed E-state index contributed by atoms with van der Waals surface area (Å²) in [4.78, 5) is 0. The monoisotopic (exact) mass is 327 g/mol. The lowest BCUT2D eigenvalue weighted by Gasteiger charge is -2.23. The molecule has 0 radical (unpaired) electrons. The van der Waals surface area contributed by atoms with E-state index in [1.807, 2.05) is 42.6 Å². The SMILES string of the molecule is FC(F)(Cl)[C@H](CCc1ccccc1)NCCCn1cccn1. The van der Waals surface area contributed by atoms with Gasteiger partial charge in [-0.15, -0.1) is 0 Å². The molecule has 1 aromatic heterocycles. The van der Waals surface area contributed by atoms with Crippen LogP contribution in [0.5, 0.6) is 0 Å². The molecular weight excluding hydrogens is 308 g/mol. The minimum atomic E-state index is -3.25. The number of alkyl halides is 3. The van der Waals surface area contributed by atoms with Crippen LogP contribution in [-0.4, -0.2) is 27.7 Å². The minimum absolute atomic E-state index is 0.294. The van der Waals surface area contributed by atoms with E-state index in [9.17, 15) is 8.78 Å². The summed E-state index contributed by atoms with van der Waals surface area (Å²) in [6.07, 6.45) is 5.13. The lowest BCUT2D eigenvalue weighted by molar-refractivity contribution is 0.0465. The number of nitrogens with zero attached hydrogens (tertiary/aromatic N) is 2. The van der Waals surface area contributed by atoms with Gasteiger partial charge in [0.15, 0.2) is 0 Å². The Morgan fingerprint density at radius 1 is 1.23 bits per heavy atom. The number of aromatic nitrogens is 2. The molecule has 0 bridgehead atoms. The fraction of sp³-hybridized carbons (Fsp3) is 0.438. The Hall–Kier alpha value is -1.46. The fourth-order valence-corrected chi connectivity index (χ4v) is 2.47. The van der Waals surface area contributed by atoms with E-state index in [1.54, 1.807) is 10.9 Å². The lowest BCUT2D eigenvalue weighted by Crippen LogP contribution is -2.42. The summed E-state index contributed by atoms with van der Waals surface area (Å²) in [6, 6.07) is 10.4. The van der Waals surface area contributed by atoms with Gasteiger partial charge in [-0.05, 0) is 49.0 Å². The molecule has 0 saturated heterocycles. The van der Waals surface area contributed by atoms with E-state index in [2.05, 4.69) is 10.4 Å². The van der Waals surface area contributed by atoms with Gasteiger partial charge < -0.3 is 5.32 Å². The van der Waals surface area contributed by atoms with Crippen molar-refractivity contribution in [1.82, 2.24) is 15.1 Å². The number of hydrogen-bond donors (Lipinski definition) is 1. The molecule has 0 unspecified atom stereocenters. The van der Waals surface area contributed by atoms with E-state index < -0.39 is 11.4 Å². The predicted molar refractivity (Wildman–Crippen MR) is 84.2 cm³/mol. The summed E-state index contributed by atoms with van der Waals surface area (Å²) in [6.45, 7) is 1.17. The first-order valence-corrected chi connectivity index (χ1v) is 7.75. The second-order valence-corrected chi connectivity index (χ2v) is 5.70. The Labute approximate surface area is 134 Å². The van der Waals surface area contributed by atoms with Gasteiger partial charge >= 0.3 is 5.38 Å². The number of rotatable bonds is 9.